The summed E-state index contributed by atoms with van der Waals surface area (Å²) in [5, 5.41) is 9.51. The van der Waals surface area contributed by atoms with Crippen LogP contribution in [0.5, 0.6) is 0 Å². The summed E-state index contributed by atoms with van der Waals surface area (Å²) in [6.07, 6.45) is 3.25. The van der Waals surface area contributed by atoms with Crippen molar-refractivity contribution in [3.05, 3.63) is 60.2 Å². The van der Waals surface area contributed by atoms with Crippen LogP contribution in [0.2, 0.25) is 0 Å². The van der Waals surface area contributed by atoms with Crippen molar-refractivity contribution < 1.29 is 9.90 Å². The monoisotopic (exact) mass is 266 g/mol. The Morgan fingerprint density at radius 1 is 1.00 bits per heavy atom. The third kappa shape index (κ3) is 2.22. The standard InChI is InChI=1S/C18H18O2/c19-17(20)18(11-6-12-18)13-15-9-4-5-10-16(15)14-7-2-1-3-8-14/h1-5,7-10H,6,11-13H2,(H,19,20). The summed E-state index contributed by atoms with van der Waals surface area (Å²) in [5.41, 5.74) is 2.91. The minimum absolute atomic E-state index is 0.537. The molecule has 102 valence electrons. The molecule has 2 aromatic carbocycles. The molecule has 0 radical (unpaired) electrons. The van der Waals surface area contributed by atoms with Gasteiger partial charge in [0.05, 0.1) is 5.41 Å². The Balaban J connectivity index is 1.97. The maximum atomic E-state index is 11.6. The molecule has 1 aliphatic rings. The van der Waals surface area contributed by atoms with Crippen molar-refractivity contribution in [2.24, 2.45) is 5.41 Å². The Hall–Kier alpha value is -2.09. The highest BCUT2D eigenvalue weighted by molar-refractivity contribution is 5.77. The van der Waals surface area contributed by atoms with Crippen LogP contribution in [0.1, 0.15) is 24.8 Å². The Morgan fingerprint density at radius 2 is 1.65 bits per heavy atom. The first-order chi connectivity index (χ1) is 9.71. The number of benzene rings is 2. The van der Waals surface area contributed by atoms with Gasteiger partial charge in [-0.1, -0.05) is 61.0 Å². The first-order valence-corrected chi connectivity index (χ1v) is 7.08. The largest absolute Gasteiger partial charge is 0.481 e. The maximum absolute atomic E-state index is 11.6. The topological polar surface area (TPSA) is 37.3 Å². The summed E-state index contributed by atoms with van der Waals surface area (Å²) in [7, 11) is 0. The molecular weight excluding hydrogens is 248 g/mol. The van der Waals surface area contributed by atoms with E-state index in [9.17, 15) is 9.90 Å². The predicted molar refractivity (Wildman–Crippen MR) is 79.5 cm³/mol. The van der Waals surface area contributed by atoms with Crippen molar-refractivity contribution >= 4 is 5.97 Å². The average molecular weight is 266 g/mol. The summed E-state index contributed by atoms with van der Waals surface area (Å²) in [4.78, 5) is 11.6. The molecule has 0 saturated heterocycles. The molecule has 1 aliphatic carbocycles. The molecule has 0 atom stereocenters. The molecule has 0 amide bonds. The van der Waals surface area contributed by atoms with Gasteiger partial charge in [0, 0.05) is 0 Å². The van der Waals surface area contributed by atoms with Crippen LogP contribution in [-0.2, 0) is 11.2 Å². The van der Waals surface area contributed by atoms with Crippen molar-refractivity contribution in [1.29, 1.82) is 0 Å². The van der Waals surface area contributed by atoms with Crippen LogP contribution >= 0.6 is 0 Å². The van der Waals surface area contributed by atoms with Gasteiger partial charge in [-0.25, -0.2) is 0 Å². The Morgan fingerprint density at radius 3 is 2.25 bits per heavy atom. The van der Waals surface area contributed by atoms with E-state index >= 15 is 0 Å². The highest BCUT2D eigenvalue weighted by Gasteiger charge is 2.44. The van der Waals surface area contributed by atoms with Crippen molar-refractivity contribution in [3.63, 3.8) is 0 Å². The Kier molecular flexibility index (Phi) is 3.31. The van der Waals surface area contributed by atoms with Crippen LogP contribution in [0.25, 0.3) is 11.1 Å². The second kappa shape index (κ2) is 5.12. The normalized spacial score (nSPS) is 16.4. The van der Waals surface area contributed by atoms with Gasteiger partial charge in [-0.2, -0.15) is 0 Å². The molecule has 0 aliphatic heterocycles. The van der Waals surface area contributed by atoms with Crippen molar-refractivity contribution in [2.45, 2.75) is 25.7 Å². The molecule has 2 aromatic rings. The molecule has 0 aromatic heterocycles. The van der Waals surface area contributed by atoms with Gasteiger partial charge >= 0.3 is 5.97 Å². The molecule has 1 N–H and O–H groups in total. The lowest BCUT2D eigenvalue weighted by Crippen LogP contribution is -2.40. The van der Waals surface area contributed by atoms with Gasteiger partial charge in [0.25, 0.3) is 0 Å². The van der Waals surface area contributed by atoms with Crippen LogP contribution < -0.4 is 0 Å². The maximum Gasteiger partial charge on any atom is 0.309 e. The summed E-state index contributed by atoms with van der Waals surface area (Å²) in [6, 6.07) is 18.3. The highest BCUT2D eigenvalue weighted by Crippen LogP contribution is 2.45. The minimum Gasteiger partial charge on any atom is -0.481 e. The van der Waals surface area contributed by atoms with E-state index < -0.39 is 11.4 Å². The number of carboxylic acid groups (broad SMARTS) is 1. The van der Waals surface area contributed by atoms with Crippen molar-refractivity contribution in [2.75, 3.05) is 0 Å². The molecule has 0 unspecified atom stereocenters. The van der Waals surface area contributed by atoms with Gasteiger partial charge in [0.15, 0.2) is 0 Å². The Bertz CT molecular complexity index is 612. The van der Waals surface area contributed by atoms with Gasteiger partial charge in [0.2, 0.25) is 0 Å². The molecule has 20 heavy (non-hydrogen) atoms. The van der Waals surface area contributed by atoms with Crippen molar-refractivity contribution in [1.82, 2.24) is 0 Å². The van der Waals surface area contributed by atoms with E-state index in [1.165, 1.54) is 0 Å². The lowest BCUT2D eigenvalue weighted by atomic mass is 9.65. The van der Waals surface area contributed by atoms with Crippen molar-refractivity contribution in [3.8, 4) is 11.1 Å². The van der Waals surface area contributed by atoms with Gasteiger partial charge in [-0.05, 0) is 36.0 Å². The summed E-state index contributed by atoms with van der Waals surface area (Å²) in [6.45, 7) is 0. The average Bonchev–Trinajstić information content (AvgIpc) is 2.44. The van der Waals surface area contributed by atoms with E-state index in [0.717, 1.165) is 36.0 Å². The summed E-state index contributed by atoms with van der Waals surface area (Å²) < 4.78 is 0. The lowest BCUT2D eigenvalue weighted by Gasteiger charge is -2.38. The van der Waals surface area contributed by atoms with Gasteiger partial charge < -0.3 is 5.11 Å². The zero-order chi connectivity index (χ0) is 14.0. The fourth-order valence-corrected chi connectivity index (χ4v) is 3.01. The van der Waals surface area contributed by atoms with Crippen LogP contribution in [0.3, 0.4) is 0 Å². The molecular formula is C18H18O2. The molecule has 0 spiro atoms. The Labute approximate surface area is 119 Å². The number of hydrogen-bond donors (Lipinski definition) is 1. The number of rotatable bonds is 4. The zero-order valence-electron chi connectivity index (χ0n) is 11.4. The van der Waals surface area contributed by atoms with Crippen LogP contribution in [0, 0.1) is 5.41 Å². The van der Waals surface area contributed by atoms with E-state index in [1.54, 1.807) is 0 Å². The number of aliphatic carboxylic acids is 1. The van der Waals surface area contributed by atoms with Crippen LogP contribution in [0.15, 0.2) is 54.6 Å². The third-order valence-electron chi connectivity index (χ3n) is 4.40. The quantitative estimate of drug-likeness (QED) is 0.902. The van der Waals surface area contributed by atoms with E-state index in [2.05, 4.69) is 24.3 Å². The fraction of sp³-hybridized carbons (Fsp3) is 0.278. The molecule has 2 heteroatoms. The molecule has 0 bridgehead atoms. The first kappa shape index (κ1) is 12.9. The minimum atomic E-state index is -0.647. The highest BCUT2D eigenvalue weighted by atomic mass is 16.4. The second-order valence-electron chi connectivity index (χ2n) is 5.64. The van der Waals surface area contributed by atoms with E-state index in [4.69, 9.17) is 0 Å². The molecule has 0 heterocycles. The number of carboxylic acids is 1. The van der Waals surface area contributed by atoms with Gasteiger partial charge in [0.1, 0.15) is 0 Å². The van der Waals surface area contributed by atoms with Gasteiger partial charge in [-0.3, -0.25) is 4.79 Å². The van der Waals surface area contributed by atoms with Gasteiger partial charge in [-0.15, -0.1) is 0 Å². The SMILES string of the molecule is O=C(O)C1(Cc2ccccc2-c2ccccc2)CCC1. The zero-order valence-corrected chi connectivity index (χ0v) is 11.4. The predicted octanol–water partition coefficient (Wildman–Crippen LogP) is 4.15. The third-order valence-corrected chi connectivity index (χ3v) is 4.40. The molecule has 1 fully saturated rings. The molecule has 1 saturated carbocycles. The summed E-state index contributed by atoms with van der Waals surface area (Å²) in [5.74, 6) is -0.647. The van der Waals surface area contributed by atoms with E-state index in [-0.39, 0.29) is 0 Å². The summed E-state index contributed by atoms with van der Waals surface area (Å²) >= 11 is 0. The lowest BCUT2D eigenvalue weighted by molar-refractivity contribution is -0.154. The van der Waals surface area contributed by atoms with E-state index in [0.29, 0.717) is 6.42 Å². The molecule has 2 nitrogen and oxygen atoms in total. The fourth-order valence-electron chi connectivity index (χ4n) is 3.01. The van der Waals surface area contributed by atoms with Crippen LogP contribution in [-0.4, -0.2) is 11.1 Å². The second-order valence-corrected chi connectivity index (χ2v) is 5.64. The molecule has 3 rings (SSSR count). The van der Waals surface area contributed by atoms with Crippen LogP contribution in [0.4, 0.5) is 0 Å². The smallest absolute Gasteiger partial charge is 0.309 e. The van der Waals surface area contributed by atoms with E-state index in [1.807, 2.05) is 30.3 Å². The number of hydrogen-bond acceptors (Lipinski definition) is 1. The number of carbonyl (C=O) groups is 1. The first-order valence-electron chi connectivity index (χ1n) is 7.08.